The largest absolute Gasteiger partial charge is 0.289 e. The first kappa shape index (κ1) is 18.9. The van der Waals surface area contributed by atoms with Gasteiger partial charge in [-0.15, -0.1) is 5.10 Å². The van der Waals surface area contributed by atoms with Crippen molar-refractivity contribution in [1.29, 1.82) is 0 Å². The van der Waals surface area contributed by atoms with E-state index in [0.29, 0.717) is 17.9 Å². The lowest BCUT2D eigenvalue weighted by atomic mass is 9.96. The van der Waals surface area contributed by atoms with Crippen molar-refractivity contribution < 1.29 is 4.79 Å². The highest BCUT2D eigenvalue weighted by atomic mass is 16.1. The summed E-state index contributed by atoms with van der Waals surface area (Å²) in [6.07, 6.45) is 0.690. The number of carbonyl (C=O) groups is 1. The summed E-state index contributed by atoms with van der Waals surface area (Å²) in [5.41, 5.74) is 4.79. The number of carbonyl (C=O) groups excluding carboxylic acids is 1. The zero-order chi connectivity index (χ0) is 21.2. The predicted molar refractivity (Wildman–Crippen MR) is 121 cm³/mol. The van der Waals surface area contributed by atoms with E-state index in [9.17, 15) is 4.79 Å². The molecule has 0 bridgehead atoms. The zero-order valence-corrected chi connectivity index (χ0v) is 17.1. The van der Waals surface area contributed by atoms with E-state index in [1.54, 1.807) is 16.8 Å². The van der Waals surface area contributed by atoms with E-state index >= 15 is 0 Å². The Labute approximate surface area is 180 Å². The van der Waals surface area contributed by atoms with Crippen LogP contribution in [0.15, 0.2) is 89.9 Å². The molecule has 0 spiro atoms. The average molecular weight is 407 g/mol. The molecular weight excluding hydrogens is 386 g/mol. The summed E-state index contributed by atoms with van der Waals surface area (Å²) in [5.74, 6) is 0.490. The lowest BCUT2D eigenvalue weighted by Gasteiger charge is -2.23. The van der Waals surface area contributed by atoms with Crippen molar-refractivity contribution in [3.8, 4) is 0 Å². The van der Waals surface area contributed by atoms with E-state index in [-0.39, 0.29) is 17.9 Å². The summed E-state index contributed by atoms with van der Waals surface area (Å²) >= 11 is 0. The third-order valence-corrected chi connectivity index (χ3v) is 5.36. The number of nitrogens with zero attached hydrogens (tertiary/aromatic N) is 4. The van der Waals surface area contributed by atoms with E-state index in [0.717, 1.165) is 22.4 Å². The van der Waals surface area contributed by atoms with Crippen LogP contribution in [0.1, 0.15) is 39.5 Å². The number of anilines is 1. The number of fused-ring (bicyclic) bond motifs is 1. The minimum atomic E-state index is -0.244. The molecule has 6 nitrogen and oxygen atoms in total. The van der Waals surface area contributed by atoms with E-state index in [2.05, 4.69) is 27.5 Å². The zero-order valence-electron chi connectivity index (χ0n) is 17.1. The highest BCUT2D eigenvalue weighted by molar-refractivity contribution is 6.04. The number of hydrogen-bond acceptors (Lipinski definition) is 4. The van der Waals surface area contributed by atoms with Gasteiger partial charge in [0.1, 0.15) is 0 Å². The molecule has 1 aliphatic heterocycles. The third-order valence-electron chi connectivity index (χ3n) is 5.36. The molecule has 0 saturated heterocycles. The van der Waals surface area contributed by atoms with Crippen LogP contribution >= 0.6 is 0 Å². The Kier molecular flexibility index (Phi) is 4.88. The topological polar surface area (TPSA) is 72.2 Å². The van der Waals surface area contributed by atoms with Crippen LogP contribution in [0, 0.1) is 6.92 Å². The molecule has 0 aliphatic carbocycles. The molecule has 1 aromatic heterocycles. The lowest BCUT2D eigenvalue weighted by molar-refractivity contribution is 0.102. The SMILES string of the molecule is Cc1ccc(C(=O)Nc2nc3n(n2)C(c2ccccc2)CC(c2ccccc2)=N3)cc1. The monoisotopic (exact) mass is 407 g/mol. The van der Waals surface area contributed by atoms with Gasteiger partial charge in [0.2, 0.25) is 0 Å². The molecular formula is C25H21N5O. The molecule has 1 N–H and O–H groups in total. The summed E-state index contributed by atoms with van der Waals surface area (Å²) in [6.45, 7) is 1.98. The Hall–Kier alpha value is -4.06. The highest BCUT2D eigenvalue weighted by Crippen LogP contribution is 2.33. The number of nitrogens with one attached hydrogen (secondary N) is 1. The van der Waals surface area contributed by atoms with Crippen molar-refractivity contribution in [2.24, 2.45) is 4.99 Å². The van der Waals surface area contributed by atoms with Gasteiger partial charge in [0.15, 0.2) is 0 Å². The molecule has 4 aromatic rings. The van der Waals surface area contributed by atoms with Crippen molar-refractivity contribution in [1.82, 2.24) is 14.8 Å². The van der Waals surface area contributed by atoms with Crippen LogP contribution in [-0.2, 0) is 0 Å². The normalized spacial score (nSPS) is 15.1. The molecule has 1 amide bonds. The van der Waals surface area contributed by atoms with Gasteiger partial charge >= 0.3 is 0 Å². The molecule has 0 radical (unpaired) electrons. The molecule has 5 rings (SSSR count). The number of hydrogen-bond donors (Lipinski definition) is 1. The molecule has 152 valence electrons. The smallest absolute Gasteiger partial charge is 0.258 e. The fraction of sp³-hybridized carbons (Fsp3) is 0.120. The fourth-order valence-electron chi connectivity index (χ4n) is 3.72. The summed E-state index contributed by atoms with van der Waals surface area (Å²) < 4.78 is 1.80. The minimum Gasteiger partial charge on any atom is -0.289 e. The van der Waals surface area contributed by atoms with E-state index in [1.165, 1.54) is 0 Å². The highest BCUT2D eigenvalue weighted by Gasteiger charge is 2.28. The summed E-state index contributed by atoms with van der Waals surface area (Å²) in [6, 6.07) is 27.6. The Balaban J connectivity index is 1.51. The number of aliphatic imine (C=N–C) groups is 1. The van der Waals surface area contributed by atoms with Crippen LogP contribution in [0.2, 0.25) is 0 Å². The quantitative estimate of drug-likeness (QED) is 0.520. The van der Waals surface area contributed by atoms with Crippen LogP contribution < -0.4 is 5.32 Å². The van der Waals surface area contributed by atoms with Gasteiger partial charge in [-0.05, 0) is 30.2 Å². The number of rotatable bonds is 4. The number of aromatic nitrogens is 3. The Morgan fingerprint density at radius 1 is 0.935 bits per heavy atom. The van der Waals surface area contributed by atoms with Crippen molar-refractivity contribution in [3.63, 3.8) is 0 Å². The standard InChI is InChI=1S/C25H21N5O/c1-17-12-14-20(15-13-17)23(31)27-24-28-25-26-21(18-8-4-2-5-9-18)16-22(30(25)29-24)19-10-6-3-7-11-19/h2-15,22H,16H2,1H3,(H,27,29,31). The first-order valence-electron chi connectivity index (χ1n) is 10.2. The van der Waals surface area contributed by atoms with E-state index < -0.39 is 0 Å². The maximum absolute atomic E-state index is 12.6. The molecule has 1 atom stereocenters. The van der Waals surface area contributed by atoms with Gasteiger partial charge in [0.05, 0.1) is 11.8 Å². The first-order chi connectivity index (χ1) is 15.2. The predicted octanol–water partition coefficient (Wildman–Crippen LogP) is 4.95. The molecule has 2 heterocycles. The second-order valence-corrected chi connectivity index (χ2v) is 7.56. The molecule has 0 fully saturated rings. The Bertz CT molecular complexity index is 1240. The van der Waals surface area contributed by atoms with Crippen molar-refractivity contribution >= 4 is 23.5 Å². The van der Waals surface area contributed by atoms with Gasteiger partial charge in [-0.3, -0.25) is 10.1 Å². The van der Waals surface area contributed by atoms with Crippen LogP contribution in [0.3, 0.4) is 0 Å². The van der Waals surface area contributed by atoms with Crippen LogP contribution in [0.25, 0.3) is 0 Å². The van der Waals surface area contributed by atoms with Crippen molar-refractivity contribution in [2.75, 3.05) is 5.32 Å². The maximum atomic E-state index is 12.6. The molecule has 31 heavy (non-hydrogen) atoms. The lowest BCUT2D eigenvalue weighted by Crippen LogP contribution is -2.21. The van der Waals surface area contributed by atoms with Gasteiger partial charge in [0.25, 0.3) is 17.8 Å². The fourth-order valence-corrected chi connectivity index (χ4v) is 3.72. The van der Waals surface area contributed by atoms with Crippen molar-refractivity contribution in [2.45, 2.75) is 19.4 Å². The van der Waals surface area contributed by atoms with Gasteiger partial charge in [0, 0.05) is 12.0 Å². The van der Waals surface area contributed by atoms with Gasteiger partial charge in [-0.1, -0.05) is 78.4 Å². The Morgan fingerprint density at radius 3 is 2.32 bits per heavy atom. The van der Waals surface area contributed by atoms with Crippen molar-refractivity contribution in [3.05, 3.63) is 107 Å². The number of amides is 1. The van der Waals surface area contributed by atoms with E-state index in [1.807, 2.05) is 67.6 Å². The minimum absolute atomic E-state index is 0.0542. The summed E-state index contributed by atoms with van der Waals surface area (Å²) in [7, 11) is 0. The summed E-state index contributed by atoms with van der Waals surface area (Å²) in [4.78, 5) is 21.9. The molecule has 1 aliphatic rings. The van der Waals surface area contributed by atoms with Gasteiger partial charge in [-0.2, -0.15) is 4.98 Å². The molecule has 1 unspecified atom stereocenters. The Morgan fingerprint density at radius 2 is 1.61 bits per heavy atom. The number of benzene rings is 3. The molecule has 6 heteroatoms. The van der Waals surface area contributed by atoms with Crippen LogP contribution in [-0.4, -0.2) is 26.4 Å². The third kappa shape index (κ3) is 3.88. The van der Waals surface area contributed by atoms with Crippen LogP contribution in [0.4, 0.5) is 11.9 Å². The second kappa shape index (κ2) is 7.99. The second-order valence-electron chi connectivity index (χ2n) is 7.56. The molecule has 3 aromatic carbocycles. The molecule has 0 saturated carbocycles. The summed E-state index contributed by atoms with van der Waals surface area (Å²) in [5, 5.41) is 7.40. The maximum Gasteiger partial charge on any atom is 0.258 e. The average Bonchev–Trinajstić information content (AvgIpc) is 3.22. The van der Waals surface area contributed by atoms with Crippen LogP contribution in [0.5, 0.6) is 0 Å². The first-order valence-corrected chi connectivity index (χ1v) is 10.2. The van der Waals surface area contributed by atoms with Gasteiger partial charge in [-0.25, -0.2) is 9.67 Å². The van der Waals surface area contributed by atoms with Gasteiger partial charge < -0.3 is 0 Å². The van der Waals surface area contributed by atoms with E-state index in [4.69, 9.17) is 4.99 Å². The number of aryl methyl sites for hydroxylation is 1.